The maximum absolute atomic E-state index is 10.5. The predicted octanol–water partition coefficient (Wildman–Crippen LogP) is 0.943. The first kappa shape index (κ1) is 10.4. The van der Waals surface area contributed by atoms with Crippen molar-refractivity contribution in [2.45, 2.75) is 12.2 Å². The van der Waals surface area contributed by atoms with Gasteiger partial charge in [-0.15, -0.1) is 0 Å². The van der Waals surface area contributed by atoms with Gasteiger partial charge < -0.3 is 9.66 Å². The van der Waals surface area contributed by atoms with Gasteiger partial charge in [0.25, 0.3) is 0 Å². The highest BCUT2D eigenvalue weighted by Gasteiger charge is 1.97. The Labute approximate surface area is 79.7 Å². The molecule has 1 rings (SSSR count). The number of benzene rings is 1. The summed E-state index contributed by atoms with van der Waals surface area (Å²) in [6.07, 6.45) is 0.627. The summed E-state index contributed by atoms with van der Waals surface area (Å²) in [4.78, 5) is 0. The summed E-state index contributed by atoms with van der Waals surface area (Å²) in [5, 5.41) is 8.65. The lowest BCUT2D eigenvalue weighted by atomic mass is 10.1. The summed E-state index contributed by atoms with van der Waals surface area (Å²) in [6, 6.07) is 7.33. The van der Waals surface area contributed by atoms with Crippen LogP contribution in [0.3, 0.4) is 0 Å². The number of aliphatic hydroxyl groups is 1. The molecule has 0 aliphatic rings. The molecule has 1 aromatic rings. The van der Waals surface area contributed by atoms with Gasteiger partial charge in [0.05, 0.1) is 5.75 Å². The normalized spacial score (nSPS) is 12.8. The van der Waals surface area contributed by atoms with Gasteiger partial charge in [0, 0.05) is 6.61 Å². The molecule has 3 nitrogen and oxygen atoms in total. The lowest BCUT2D eigenvalue weighted by molar-refractivity contribution is 0.299. The Kier molecular flexibility index (Phi) is 4.08. The minimum atomic E-state index is -1.78. The van der Waals surface area contributed by atoms with E-state index in [1.54, 1.807) is 12.1 Å². The second-order valence-corrected chi connectivity index (χ2v) is 3.69. The molecule has 0 amide bonds. The molecule has 72 valence electrons. The fraction of sp³-hybridized carbons (Fsp3) is 0.333. The highest BCUT2D eigenvalue weighted by atomic mass is 32.2. The van der Waals surface area contributed by atoms with E-state index < -0.39 is 11.1 Å². The van der Waals surface area contributed by atoms with Crippen LogP contribution in [0.25, 0.3) is 0 Å². The van der Waals surface area contributed by atoms with Crippen LogP contribution in [0.2, 0.25) is 0 Å². The third-order valence-corrected chi connectivity index (χ3v) is 2.29. The highest BCUT2D eigenvalue weighted by Crippen LogP contribution is 2.06. The first-order valence-electron chi connectivity index (χ1n) is 3.98. The summed E-state index contributed by atoms with van der Waals surface area (Å²) < 4.78 is 19.1. The van der Waals surface area contributed by atoms with E-state index in [9.17, 15) is 4.21 Å². The average molecular weight is 200 g/mol. The molecule has 0 bridgehead atoms. The number of aliphatic hydroxyl groups excluding tert-OH is 1. The van der Waals surface area contributed by atoms with Crippen LogP contribution in [0.1, 0.15) is 11.1 Å². The molecule has 2 N–H and O–H groups in total. The fourth-order valence-corrected chi connectivity index (χ4v) is 1.55. The van der Waals surface area contributed by atoms with Gasteiger partial charge in [-0.2, -0.15) is 0 Å². The largest absolute Gasteiger partial charge is 0.396 e. The smallest absolute Gasteiger partial charge is 0.157 e. The van der Waals surface area contributed by atoms with E-state index in [2.05, 4.69) is 0 Å². The zero-order valence-electron chi connectivity index (χ0n) is 7.14. The van der Waals surface area contributed by atoms with E-state index in [0.717, 1.165) is 11.1 Å². The molecular formula is C9H12O3S. The second kappa shape index (κ2) is 5.11. The van der Waals surface area contributed by atoms with Gasteiger partial charge in [-0.1, -0.05) is 24.3 Å². The van der Waals surface area contributed by atoms with Crippen molar-refractivity contribution in [2.75, 3.05) is 6.61 Å². The van der Waals surface area contributed by atoms with Gasteiger partial charge in [0.15, 0.2) is 11.1 Å². The zero-order chi connectivity index (χ0) is 9.68. The molecule has 4 heteroatoms. The molecule has 0 aromatic heterocycles. The molecule has 13 heavy (non-hydrogen) atoms. The Bertz CT molecular complexity index is 281. The zero-order valence-corrected chi connectivity index (χ0v) is 7.96. The Morgan fingerprint density at radius 2 is 1.69 bits per heavy atom. The van der Waals surface area contributed by atoms with E-state index in [-0.39, 0.29) is 12.4 Å². The van der Waals surface area contributed by atoms with E-state index >= 15 is 0 Å². The van der Waals surface area contributed by atoms with E-state index in [0.29, 0.717) is 6.42 Å². The molecule has 1 aromatic carbocycles. The van der Waals surface area contributed by atoms with Crippen molar-refractivity contribution >= 4 is 11.1 Å². The van der Waals surface area contributed by atoms with Crippen molar-refractivity contribution in [1.29, 1.82) is 0 Å². The average Bonchev–Trinajstić information content (AvgIpc) is 2.08. The lowest BCUT2D eigenvalue weighted by Crippen LogP contribution is -1.94. The Morgan fingerprint density at radius 3 is 2.15 bits per heavy atom. The lowest BCUT2D eigenvalue weighted by Gasteiger charge is -2.00. The molecule has 0 spiro atoms. The van der Waals surface area contributed by atoms with Crippen molar-refractivity contribution in [2.24, 2.45) is 0 Å². The summed E-state index contributed by atoms with van der Waals surface area (Å²) in [5.74, 6) is 0.166. The van der Waals surface area contributed by atoms with Crippen LogP contribution in [0, 0.1) is 0 Å². The van der Waals surface area contributed by atoms with Crippen molar-refractivity contribution in [1.82, 2.24) is 0 Å². The van der Waals surface area contributed by atoms with Crippen LogP contribution in [-0.4, -0.2) is 20.5 Å². The van der Waals surface area contributed by atoms with Crippen LogP contribution >= 0.6 is 0 Å². The third kappa shape index (κ3) is 3.67. The second-order valence-electron chi connectivity index (χ2n) is 2.76. The first-order valence-corrected chi connectivity index (χ1v) is 5.26. The van der Waals surface area contributed by atoms with Crippen LogP contribution in [0.5, 0.6) is 0 Å². The minimum absolute atomic E-state index is 0.130. The van der Waals surface area contributed by atoms with Crippen molar-refractivity contribution in [3.05, 3.63) is 35.4 Å². The SMILES string of the molecule is O=S(O)Cc1ccc(CCO)cc1. The van der Waals surface area contributed by atoms with Crippen LogP contribution in [-0.2, 0) is 23.3 Å². The number of hydrogen-bond acceptors (Lipinski definition) is 2. The standard InChI is InChI=1S/C9H12O3S/c10-6-5-8-1-3-9(4-2-8)7-13(11)12/h1-4,10H,5-7H2,(H,11,12). The van der Waals surface area contributed by atoms with Gasteiger partial charge in [0.2, 0.25) is 0 Å². The van der Waals surface area contributed by atoms with E-state index in [1.165, 1.54) is 0 Å². The van der Waals surface area contributed by atoms with Gasteiger partial charge in [-0.25, -0.2) is 4.21 Å². The maximum Gasteiger partial charge on any atom is 0.157 e. The van der Waals surface area contributed by atoms with Gasteiger partial charge in [-0.05, 0) is 17.5 Å². The first-order chi connectivity index (χ1) is 6.22. The van der Waals surface area contributed by atoms with Crippen LogP contribution in [0.15, 0.2) is 24.3 Å². The molecular weight excluding hydrogens is 188 g/mol. The Balaban J connectivity index is 2.64. The molecule has 0 heterocycles. The molecule has 1 atom stereocenters. The number of rotatable bonds is 4. The number of hydrogen-bond donors (Lipinski definition) is 2. The quantitative estimate of drug-likeness (QED) is 0.711. The monoisotopic (exact) mass is 200 g/mol. The van der Waals surface area contributed by atoms with Crippen molar-refractivity contribution in [3.63, 3.8) is 0 Å². The van der Waals surface area contributed by atoms with E-state index in [1.807, 2.05) is 12.1 Å². The highest BCUT2D eigenvalue weighted by molar-refractivity contribution is 7.78. The third-order valence-electron chi connectivity index (χ3n) is 1.71. The van der Waals surface area contributed by atoms with Crippen LogP contribution in [0.4, 0.5) is 0 Å². The fourth-order valence-electron chi connectivity index (χ4n) is 1.07. The molecule has 0 saturated heterocycles. The van der Waals surface area contributed by atoms with Gasteiger partial charge in [-0.3, -0.25) is 0 Å². The van der Waals surface area contributed by atoms with Crippen LogP contribution < -0.4 is 0 Å². The summed E-state index contributed by atoms with van der Waals surface area (Å²) in [5.41, 5.74) is 1.87. The topological polar surface area (TPSA) is 57.5 Å². The minimum Gasteiger partial charge on any atom is -0.396 e. The van der Waals surface area contributed by atoms with Gasteiger partial charge >= 0.3 is 0 Å². The predicted molar refractivity (Wildman–Crippen MR) is 51.7 cm³/mol. The van der Waals surface area contributed by atoms with Gasteiger partial charge in [0.1, 0.15) is 0 Å². The Hall–Kier alpha value is -0.710. The summed E-state index contributed by atoms with van der Waals surface area (Å²) in [7, 11) is 0. The summed E-state index contributed by atoms with van der Waals surface area (Å²) in [6.45, 7) is 0.130. The molecule has 0 aliphatic carbocycles. The molecule has 1 unspecified atom stereocenters. The Morgan fingerprint density at radius 1 is 1.15 bits per heavy atom. The maximum atomic E-state index is 10.5. The molecule has 0 saturated carbocycles. The van der Waals surface area contributed by atoms with Crippen molar-refractivity contribution < 1.29 is 13.9 Å². The van der Waals surface area contributed by atoms with E-state index in [4.69, 9.17) is 9.66 Å². The summed E-state index contributed by atoms with van der Waals surface area (Å²) >= 11 is -1.78. The molecule has 0 radical (unpaired) electrons. The van der Waals surface area contributed by atoms with Crippen molar-refractivity contribution in [3.8, 4) is 0 Å². The molecule has 0 aliphatic heterocycles. The molecule has 0 fully saturated rings.